The van der Waals surface area contributed by atoms with Crippen molar-refractivity contribution in [2.75, 3.05) is 25.4 Å². The minimum atomic E-state index is -3.15. The Hall–Kier alpha value is -0.620. The van der Waals surface area contributed by atoms with Crippen molar-refractivity contribution >= 4 is 15.7 Å². The molecule has 5 nitrogen and oxygen atoms in total. The van der Waals surface area contributed by atoms with Crippen molar-refractivity contribution < 1.29 is 13.2 Å². The van der Waals surface area contributed by atoms with Gasteiger partial charge >= 0.3 is 0 Å². The van der Waals surface area contributed by atoms with Crippen LogP contribution in [0.15, 0.2) is 0 Å². The average Bonchev–Trinajstić information content (AvgIpc) is 2.77. The summed E-state index contributed by atoms with van der Waals surface area (Å²) in [7, 11) is -3.15. The first kappa shape index (κ1) is 16.4. The van der Waals surface area contributed by atoms with Gasteiger partial charge in [-0.25, -0.2) is 8.42 Å². The van der Waals surface area contributed by atoms with E-state index in [0.29, 0.717) is 12.3 Å². The van der Waals surface area contributed by atoms with Crippen LogP contribution in [0.4, 0.5) is 0 Å². The van der Waals surface area contributed by atoms with Gasteiger partial charge in [0.15, 0.2) is 9.84 Å². The minimum Gasteiger partial charge on any atom is -0.355 e. The molecule has 1 rings (SSSR count). The van der Waals surface area contributed by atoms with Crippen LogP contribution in [0.25, 0.3) is 0 Å². The first-order valence-electron chi connectivity index (χ1n) is 6.92. The molecule has 0 aromatic carbocycles. The van der Waals surface area contributed by atoms with Gasteiger partial charge in [-0.05, 0) is 52.6 Å². The summed E-state index contributed by atoms with van der Waals surface area (Å²) in [6.45, 7) is 7.27. The van der Waals surface area contributed by atoms with E-state index in [0.717, 1.165) is 25.9 Å². The van der Waals surface area contributed by atoms with E-state index in [2.05, 4.69) is 10.6 Å². The van der Waals surface area contributed by atoms with Gasteiger partial charge in [0, 0.05) is 13.0 Å². The molecule has 0 aromatic rings. The van der Waals surface area contributed by atoms with E-state index in [9.17, 15) is 13.2 Å². The van der Waals surface area contributed by atoms with E-state index < -0.39 is 14.6 Å². The molecule has 0 radical (unpaired) electrons. The number of nitrogens with one attached hydrogen (secondary N) is 2. The topological polar surface area (TPSA) is 75.3 Å². The fourth-order valence-corrected chi connectivity index (χ4v) is 3.00. The van der Waals surface area contributed by atoms with Gasteiger partial charge in [0.05, 0.1) is 10.5 Å². The number of rotatable bonds is 6. The third-order valence-corrected chi connectivity index (χ3v) is 6.18. The van der Waals surface area contributed by atoms with Crippen LogP contribution in [0.3, 0.4) is 0 Å². The van der Waals surface area contributed by atoms with E-state index in [1.807, 2.05) is 0 Å². The molecule has 112 valence electrons. The molecule has 1 fully saturated rings. The maximum atomic E-state index is 11.8. The van der Waals surface area contributed by atoms with E-state index in [1.54, 1.807) is 20.8 Å². The van der Waals surface area contributed by atoms with Crippen molar-refractivity contribution in [2.24, 2.45) is 5.92 Å². The highest BCUT2D eigenvalue weighted by Crippen LogP contribution is 2.15. The molecule has 2 N–H and O–H groups in total. The Morgan fingerprint density at radius 3 is 2.58 bits per heavy atom. The molecule has 1 heterocycles. The second-order valence-electron chi connectivity index (χ2n) is 6.18. The Balaban J connectivity index is 2.20. The highest BCUT2D eigenvalue weighted by molar-refractivity contribution is 7.92. The molecule has 6 heteroatoms. The van der Waals surface area contributed by atoms with Gasteiger partial charge in [-0.15, -0.1) is 0 Å². The first-order valence-corrected chi connectivity index (χ1v) is 8.57. The first-order chi connectivity index (χ1) is 8.72. The number of carbonyl (C=O) groups excluding carboxylic acids is 1. The molecule has 0 spiro atoms. The summed E-state index contributed by atoms with van der Waals surface area (Å²) in [6, 6.07) is 0. The molecule has 19 heavy (non-hydrogen) atoms. The summed E-state index contributed by atoms with van der Waals surface area (Å²) >= 11 is 0. The third kappa shape index (κ3) is 5.48. The number of amides is 1. The van der Waals surface area contributed by atoms with Crippen LogP contribution in [-0.4, -0.2) is 44.5 Å². The predicted molar refractivity (Wildman–Crippen MR) is 76.8 cm³/mol. The smallest absolute Gasteiger partial charge is 0.220 e. The lowest BCUT2D eigenvalue weighted by Crippen LogP contribution is -2.36. The molecule has 0 bridgehead atoms. The monoisotopic (exact) mass is 290 g/mol. The molecule has 0 saturated carbocycles. The van der Waals surface area contributed by atoms with Crippen LogP contribution in [-0.2, 0) is 14.6 Å². The summed E-state index contributed by atoms with van der Waals surface area (Å²) in [4.78, 5) is 11.6. The molecule has 1 aliphatic rings. The second-order valence-corrected chi connectivity index (χ2v) is 9.04. The van der Waals surface area contributed by atoms with Crippen molar-refractivity contribution in [1.82, 2.24) is 10.6 Å². The lowest BCUT2D eigenvalue weighted by Gasteiger charge is -2.19. The minimum absolute atomic E-state index is 0.00717. The van der Waals surface area contributed by atoms with E-state index in [1.165, 1.54) is 0 Å². The van der Waals surface area contributed by atoms with Crippen LogP contribution in [0, 0.1) is 5.92 Å². The van der Waals surface area contributed by atoms with Crippen LogP contribution < -0.4 is 10.6 Å². The van der Waals surface area contributed by atoms with Crippen molar-refractivity contribution in [3.05, 3.63) is 0 Å². The number of hydrogen-bond acceptors (Lipinski definition) is 4. The molecule has 0 aliphatic carbocycles. The summed E-state index contributed by atoms with van der Waals surface area (Å²) in [6.07, 6.45) is 2.50. The molecular formula is C13H26N2O3S. The standard InChI is InChI=1S/C13H26N2O3S/c1-13(2,3)19(17,18)9-8-15-12(16)5-4-11-6-7-14-10-11/h11,14H,4-10H2,1-3H3,(H,15,16). The summed E-state index contributed by atoms with van der Waals surface area (Å²) in [5.74, 6) is 0.549. The van der Waals surface area contributed by atoms with Gasteiger partial charge in [-0.3, -0.25) is 4.79 Å². The second kappa shape index (κ2) is 6.70. The quantitative estimate of drug-likeness (QED) is 0.755. The number of carbonyl (C=O) groups is 1. The predicted octanol–water partition coefficient (Wildman–Crippen LogP) is 0.706. The summed E-state index contributed by atoms with van der Waals surface area (Å²) in [5, 5.41) is 5.96. The zero-order valence-corrected chi connectivity index (χ0v) is 13.0. The van der Waals surface area contributed by atoms with Gasteiger partial charge in [0.1, 0.15) is 0 Å². The average molecular weight is 290 g/mol. The highest BCUT2D eigenvalue weighted by Gasteiger charge is 2.28. The molecule has 1 atom stereocenters. The SMILES string of the molecule is CC(C)(C)S(=O)(=O)CCNC(=O)CCC1CCNC1. The Morgan fingerprint density at radius 1 is 1.37 bits per heavy atom. The Bertz CT molecular complexity index is 393. The van der Waals surface area contributed by atoms with Crippen LogP contribution in [0.5, 0.6) is 0 Å². The third-order valence-electron chi connectivity index (χ3n) is 3.57. The van der Waals surface area contributed by atoms with E-state index in [4.69, 9.17) is 0 Å². The van der Waals surface area contributed by atoms with Crippen molar-refractivity contribution in [3.63, 3.8) is 0 Å². The molecular weight excluding hydrogens is 264 g/mol. The largest absolute Gasteiger partial charge is 0.355 e. The molecule has 1 unspecified atom stereocenters. The molecule has 1 saturated heterocycles. The lowest BCUT2D eigenvalue weighted by atomic mass is 10.0. The Kier molecular flexibility index (Phi) is 5.80. The maximum absolute atomic E-state index is 11.8. The zero-order valence-electron chi connectivity index (χ0n) is 12.2. The van der Waals surface area contributed by atoms with Crippen molar-refractivity contribution in [1.29, 1.82) is 0 Å². The number of hydrogen-bond donors (Lipinski definition) is 2. The van der Waals surface area contributed by atoms with Gasteiger partial charge < -0.3 is 10.6 Å². The Labute approximate surface area is 116 Å². The zero-order chi connectivity index (χ0) is 14.5. The highest BCUT2D eigenvalue weighted by atomic mass is 32.2. The van der Waals surface area contributed by atoms with Crippen LogP contribution in [0.1, 0.15) is 40.0 Å². The molecule has 1 aliphatic heterocycles. The molecule has 1 amide bonds. The van der Waals surface area contributed by atoms with Crippen LogP contribution in [0.2, 0.25) is 0 Å². The van der Waals surface area contributed by atoms with Crippen LogP contribution >= 0.6 is 0 Å². The Morgan fingerprint density at radius 2 is 2.05 bits per heavy atom. The van der Waals surface area contributed by atoms with Gasteiger partial charge in [0.2, 0.25) is 5.91 Å². The van der Waals surface area contributed by atoms with E-state index in [-0.39, 0.29) is 18.2 Å². The van der Waals surface area contributed by atoms with Gasteiger partial charge in [0.25, 0.3) is 0 Å². The fourth-order valence-electron chi connectivity index (χ4n) is 2.02. The fraction of sp³-hybridized carbons (Fsp3) is 0.923. The van der Waals surface area contributed by atoms with E-state index >= 15 is 0 Å². The maximum Gasteiger partial charge on any atom is 0.220 e. The number of sulfone groups is 1. The van der Waals surface area contributed by atoms with Gasteiger partial charge in [-0.2, -0.15) is 0 Å². The molecule has 0 aromatic heterocycles. The normalized spacial score (nSPS) is 20.5. The summed E-state index contributed by atoms with van der Waals surface area (Å²) < 4.78 is 22.9. The van der Waals surface area contributed by atoms with Crippen molar-refractivity contribution in [3.8, 4) is 0 Å². The lowest BCUT2D eigenvalue weighted by molar-refractivity contribution is -0.121. The van der Waals surface area contributed by atoms with Gasteiger partial charge in [-0.1, -0.05) is 0 Å². The van der Waals surface area contributed by atoms with Crippen molar-refractivity contribution in [2.45, 2.75) is 44.8 Å². The summed E-state index contributed by atoms with van der Waals surface area (Å²) in [5.41, 5.74) is 0.